The smallest absolute Gasteiger partial charge is 0.265 e. The second kappa shape index (κ2) is 7.67. The van der Waals surface area contributed by atoms with E-state index in [9.17, 15) is 17.6 Å². The summed E-state index contributed by atoms with van der Waals surface area (Å²) in [4.78, 5) is 13.2. The van der Waals surface area contributed by atoms with E-state index < -0.39 is 27.8 Å². The van der Waals surface area contributed by atoms with Gasteiger partial charge in [-0.1, -0.05) is 36.4 Å². The highest BCUT2D eigenvalue weighted by Gasteiger charge is 2.39. The maximum absolute atomic E-state index is 13.5. The second-order valence-electron chi connectivity index (χ2n) is 6.79. The summed E-state index contributed by atoms with van der Waals surface area (Å²) in [6.07, 6.45) is 0.925. The zero-order valence-corrected chi connectivity index (χ0v) is 16.3. The fraction of sp³-hybridized carbons (Fsp3) is 0.136. The van der Waals surface area contributed by atoms with Crippen molar-refractivity contribution in [1.82, 2.24) is 0 Å². The molecule has 3 aromatic carbocycles. The molecule has 3 aromatic rings. The molecule has 0 spiro atoms. The Labute approximate surface area is 168 Å². The first kappa shape index (κ1) is 19.1. The summed E-state index contributed by atoms with van der Waals surface area (Å²) in [5, 5.41) is 2.71. The van der Waals surface area contributed by atoms with Crippen LogP contribution in [-0.4, -0.2) is 20.4 Å². The third-order valence-electron chi connectivity index (χ3n) is 4.91. The first-order chi connectivity index (χ1) is 14.0. The lowest BCUT2D eigenvalue weighted by atomic mass is 9.97. The average Bonchev–Trinajstić information content (AvgIpc) is 2.75. The van der Waals surface area contributed by atoms with E-state index in [1.54, 1.807) is 30.3 Å². The Hall–Kier alpha value is -3.19. The van der Waals surface area contributed by atoms with Gasteiger partial charge in [-0.3, -0.25) is 9.10 Å². The van der Waals surface area contributed by atoms with Crippen molar-refractivity contribution in [2.75, 3.05) is 9.62 Å². The van der Waals surface area contributed by atoms with Crippen molar-refractivity contribution in [1.29, 1.82) is 0 Å². The fourth-order valence-corrected chi connectivity index (χ4v) is 5.22. The third-order valence-corrected chi connectivity index (χ3v) is 6.75. The maximum Gasteiger partial charge on any atom is 0.265 e. The molecule has 1 aliphatic heterocycles. The number of nitrogens with one attached hydrogen (secondary N) is 1. The molecule has 1 heterocycles. The topological polar surface area (TPSA) is 66.5 Å². The van der Waals surface area contributed by atoms with Gasteiger partial charge in [-0.25, -0.2) is 12.8 Å². The largest absolute Gasteiger partial charge is 0.324 e. The summed E-state index contributed by atoms with van der Waals surface area (Å²) >= 11 is 0. The van der Waals surface area contributed by atoms with E-state index in [1.807, 2.05) is 12.1 Å². The molecular weight excluding hydrogens is 391 g/mol. The highest BCUT2D eigenvalue weighted by molar-refractivity contribution is 7.93. The van der Waals surface area contributed by atoms with Crippen molar-refractivity contribution in [2.45, 2.75) is 23.8 Å². The summed E-state index contributed by atoms with van der Waals surface area (Å²) < 4.78 is 41.3. The molecule has 0 fully saturated rings. The van der Waals surface area contributed by atoms with E-state index in [-0.39, 0.29) is 4.90 Å². The van der Waals surface area contributed by atoms with Crippen LogP contribution in [0.2, 0.25) is 0 Å². The number of sulfonamides is 1. The van der Waals surface area contributed by atoms with E-state index >= 15 is 0 Å². The molecule has 0 saturated carbocycles. The predicted octanol–water partition coefficient (Wildman–Crippen LogP) is 3.97. The van der Waals surface area contributed by atoms with Crippen molar-refractivity contribution < 1.29 is 17.6 Å². The number of hydrogen-bond acceptors (Lipinski definition) is 3. The Bertz CT molecular complexity index is 1130. The Kier molecular flexibility index (Phi) is 5.07. The van der Waals surface area contributed by atoms with Gasteiger partial charge in [-0.15, -0.1) is 0 Å². The Balaban J connectivity index is 1.74. The lowest BCUT2D eigenvalue weighted by molar-refractivity contribution is -0.117. The summed E-state index contributed by atoms with van der Waals surface area (Å²) in [7, 11) is -3.96. The monoisotopic (exact) mass is 410 g/mol. The molecule has 1 N–H and O–H groups in total. The second-order valence-corrected chi connectivity index (χ2v) is 8.61. The van der Waals surface area contributed by atoms with Gasteiger partial charge in [0, 0.05) is 5.69 Å². The van der Waals surface area contributed by atoms with E-state index in [4.69, 9.17) is 0 Å². The Morgan fingerprint density at radius 2 is 1.59 bits per heavy atom. The predicted molar refractivity (Wildman–Crippen MR) is 110 cm³/mol. The van der Waals surface area contributed by atoms with E-state index in [2.05, 4.69) is 5.32 Å². The molecule has 0 aliphatic carbocycles. The minimum absolute atomic E-state index is 0.122. The zero-order valence-electron chi connectivity index (χ0n) is 15.5. The lowest BCUT2D eigenvalue weighted by Gasteiger charge is -2.36. The maximum atomic E-state index is 13.5. The molecule has 1 unspecified atom stereocenters. The van der Waals surface area contributed by atoms with E-state index in [0.29, 0.717) is 24.2 Å². The van der Waals surface area contributed by atoms with Crippen LogP contribution < -0.4 is 9.62 Å². The van der Waals surface area contributed by atoms with Gasteiger partial charge in [-0.2, -0.15) is 0 Å². The van der Waals surface area contributed by atoms with Crippen LogP contribution in [-0.2, 0) is 21.2 Å². The first-order valence-electron chi connectivity index (χ1n) is 9.20. The summed E-state index contributed by atoms with van der Waals surface area (Å²) in [5.41, 5.74) is 1.78. The molecule has 0 aromatic heterocycles. The number of nitrogens with zero attached hydrogens (tertiary/aromatic N) is 1. The van der Waals surface area contributed by atoms with Crippen molar-refractivity contribution >= 4 is 27.3 Å². The molecule has 4 rings (SSSR count). The molecule has 1 amide bonds. The number of para-hydroxylation sites is 1. The van der Waals surface area contributed by atoms with Crippen LogP contribution in [0.3, 0.4) is 0 Å². The van der Waals surface area contributed by atoms with Crippen molar-refractivity contribution in [3.05, 3.63) is 90.2 Å². The Morgan fingerprint density at radius 1 is 0.931 bits per heavy atom. The number of anilines is 2. The van der Waals surface area contributed by atoms with Crippen LogP contribution in [0.15, 0.2) is 83.8 Å². The summed E-state index contributed by atoms with van der Waals surface area (Å²) in [6.45, 7) is 0. The molecule has 148 valence electrons. The molecule has 0 radical (unpaired) electrons. The number of halogens is 1. The van der Waals surface area contributed by atoms with Crippen LogP contribution >= 0.6 is 0 Å². The first-order valence-corrected chi connectivity index (χ1v) is 10.6. The van der Waals surface area contributed by atoms with Gasteiger partial charge in [-0.05, 0) is 60.9 Å². The molecular formula is C22H19FN2O3S. The standard InChI is InChI=1S/C22H19FN2O3S/c23-17-11-13-18(14-12-17)24-22(26)21-15-10-16-6-4-5-9-20(16)25(21)29(27,28)19-7-2-1-3-8-19/h1-9,11-14,21H,10,15H2,(H,24,26). The van der Waals surface area contributed by atoms with Crippen LogP contribution in [0.1, 0.15) is 12.0 Å². The number of hydrogen-bond donors (Lipinski definition) is 1. The molecule has 29 heavy (non-hydrogen) atoms. The van der Waals surface area contributed by atoms with Crippen LogP contribution in [0.4, 0.5) is 15.8 Å². The molecule has 0 bridgehead atoms. The van der Waals surface area contributed by atoms with Gasteiger partial charge in [0.15, 0.2) is 0 Å². The number of carbonyl (C=O) groups excluding carboxylic acids is 1. The molecule has 5 nitrogen and oxygen atoms in total. The number of rotatable bonds is 4. The quantitative estimate of drug-likeness (QED) is 0.708. The number of fused-ring (bicyclic) bond motifs is 1. The number of benzene rings is 3. The zero-order chi connectivity index (χ0) is 20.4. The third kappa shape index (κ3) is 3.73. The van der Waals surface area contributed by atoms with Gasteiger partial charge in [0.25, 0.3) is 10.0 Å². The SMILES string of the molecule is O=C(Nc1ccc(F)cc1)C1CCc2ccccc2N1S(=O)(=O)c1ccccc1. The van der Waals surface area contributed by atoms with Gasteiger partial charge in [0.1, 0.15) is 11.9 Å². The van der Waals surface area contributed by atoms with Crippen molar-refractivity contribution in [3.8, 4) is 0 Å². The van der Waals surface area contributed by atoms with Gasteiger partial charge >= 0.3 is 0 Å². The minimum atomic E-state index is -3.96. The van der Waals surface area contributed by atoms with Gasteiger partial charge in [0.2, 0.25) is 5.91 Å². The van der Waals surface area contributed by atoms with Crippen molar-refractivity contribution in [3.63, 3.8) is 0 Å². The number of carbonyl (C=O) groups is 1. The normalized spacial score (nSPS) is 16.2. The minimum Gasteiger partial charge on any atom is -0.324 e. The molecule has 1 atom stereocenters. The number of amides is 1. The van der Waals surface area contributed by atoms with Gasteiger partial charge < -0.3 is 5.32 Å². The van der Waals surface area contributed by atoms with Crippen LogP contribution in [0.5, 0.6) is 0 Å². The Morgan fingerprint density at radius 3 is 2.31 bits per heavy atom. The number of aryl methyl sites for hydroxylation is 1. The van der Waals surface area contributed by atoms with Crippen molar-refractivity contribution in [2.24, 2.45) is 0 Å². The molecule has 0 saturated heterocycles. The van der Waals surface area contributed by atoms with Crippen LogP contribution in [0, 0.1) is 5.82 Å². The fourth-order valence-electron chi connectivity index (χ4n) is 3.51. The lowest BCUT2D eigenvalue weighted by Crippen LogP contribution is -2.50. The van der Waals surface area contributed by atoms with E-state index in [1.165, 1.54) is 40.7 Å². The van der Waals surface area contributed by atoms with E-state index in [0.717, 1.165) is 5.56 Å². The molecule has 1 aliphatic rings. The average molecular weight is 410 g/mol. The molecule has 7 heteroatoms. The highest BCUT2D eigenvalue weighted by Crippen LogP contribution is 2.35. The summed E-state index contributed by atoms with van der Waals surface area (Å²) in [5.74, 6) is -0.867. The van der Waals surface area contributed by atoms with Crippen LogP contribution in [0.25, 0.3) is 0 Å². The highest BCUT2D eigenvalue weighted by atomic mass is 32.2. The summed E-state index contributed by atoms with van der Waals surface area (Å²) in [6, 6.07) is 19.7. The van der Waals surface area contributed by atoms with Gasteiger partial charge in [0.05, 0.1) is 10.6 Å².